The van der Waals surface area contributed by atoms with Gasteiger partial charge in [-0.15, -0.1) is 0 Å². The summed E-state index contributed by atoms with van der Waals surface area (Å²) in [6.07, 6.45) is 0. The molecular formula is C28H24. The van der Waals surface area contributed by atoms with Gasteiger partial charge in [0.25, 0.3) is 0 Å². The molecule has 4 aromatic carbocycles. The summed E-state index contributed by atoms with van der Waals surface area (Å²) in [7, 11) is 0. The molecule has 0 fully saturated rings. The SMILES string of the molecule is Cc1ccccc1-c1ccc(-c2ccccc2)c2c1-c1ccccc1C2(C)C. The van der Waals surface area contributed by atoms with Gasteiger partial charge in [0.05, 0.1) is 0 Å². The van der Waals surface area contributed by atoms with Gasteiger partial charge in [0, 0.05) is 5.41 Å². The van der Waals surface area contributed by atoms with E-state index in [0.717, 1.165) is 0 Å². The number of benzene rings is 4. The van der Waals surface area contributed by atoms with Crippen molar-refractivity contribution in [3.05, 3.63) is 108 Å². The fraction of sp³-hybridized carbons (Fsp3) is 0.143. The second-order valence-electron chi connectivity index (χ2n) is 8.26. The minimum absolute atomic E-state index is 0.0319. The van der Waals surface area contributed by atoms with Gasteiger partial charge < -0.3 is 0 Å². The van der Waals surface area contributed by atoms with E-state index < -0.39 is 0 Å². The monoisotopic (exact) mass is 360 g/mol. The maximum Gasteiger partial charge on any atom is 0.0165 e. The van der Waals surface area contributed by atoms with E-state index in [0.29, 0.717) is 0 Å². The number of hydrogen-bond acceptors (Lipinski definition) is 0. The molecule has 0 heterocycles. The van der Waals surface area contributed by atoms with Gasteiger partial charge in [-0.3, -0.25) is 0 Å². The van der Waals surface area contributed by atoms with Crippen molar-refractivity contribution in [3.63, 3.8) is 0 Å². The summed E-state index contributed by atoms with van der Waals surface area (Å²) in [6.45, 7) is 6.94. The summed E-state index contributed by atoms with van der Waals surface area (Å²) >= 11 is 0. The molecule has 0 bridgehead atoms. The third-order valence-corrected chi connectivity index (χ3v) is 6.22. The first kappa shape index (κ1) is 17.0. The van der Waals surface area contributed by atoms with Gasteiger partial charge in [0.2, 0.25) is 0 Å². The van der Waals surface area contributed by atoms with Crippen LogP contribution in [0.1, 0.15) is 30.5 Å². The lowest BCUT2D eigenvalue weighted by Crippen LogP contribution is -2.16. The van der Waals surface area contributed by atoms with Gasteiger partial charge in [-0.2, -0.15) is 0 Å². The summed E-state index contributed by atoms with van der Waals surface area (Å²) < 4.78 is 0. The Morgan fingerprint density at radius 1 is 0.536 bits per heavy atom. The maximum atomic E-state index is 2.37. The number of fused-ring (bicyclic) bond motifs is 3. The van der Waals surface area contributed by atoms with Gasteiger partial charge in [0.1, 0.15) is 0 Å². The Bertz CT molecular complexity index is 1180. The second kappa shape index (κ2) is 6.21. The lowest BCUT2D eigenvalue weighted by atomic mass is 9.77. The minimum atomic E-state index is -0.0319. The lowest BCUT2D eigenvalue weighted by Gasteiger charge is -2.25. The van der Waals surface area contributed by atoms with Crippen LogP contribution in [0.4, 0.5) is 0 Å². The van der Waals surface area contributed by atoms with E-state index in [4.69, 9.17) is 0 Å². The van der Waals surface area contributed by atoms with Crippen molar-refractivity contribution in [2.24, 2.45) is 0 Å². The highest BCUT2D eigenvalue weighted by Gasteiger charge is 2.39. The highest BCUT2D eigenvalue weighted by Crippen LogP contribution is 2.55. The second-order valence-corrected chi connectivity index (χ2v) is 8.26. The smallest absolute Gasteiger partial charge is 0.0165 e. The summed E-state index contributed by atoms with van der Waals surface area (Å²) in [6, 6.07) is 33.1. The van der Waals surface area contributed by atoms with Crippen molar-refractivity contribution >= 4 is 0 Å². The van der Waals surface area contributed by atoms with Crippen molar-refractivity contribution in [2.45, 2.75) is 26.2 Å². The van der Waals surface area contributed by atoms with Crippen LogP contribution >= 0.6 is 0 Å². The van der Waals surface area contributed by atoms with Crippen molar-refractivity contribution in [2.75, 3.05) is 0 Å². The number of rotatable bonds is 2. The van der Waals surface area contributed by atoms with E-state index in [1.807, 2.05) is 0 Å². The van der Waals surface area contributed by atoms with Crippen LogP contribution in [0.5, 0.6) is 0 Å². The van der Waals surface area contributed by atoms with Crippen LogP contribution in [0.2, 0.25) is 0 Å². The third kappa shape index (κ3) is 2.38. The Morgan fingerprint density at radius 2 is 1.14 bits per heavy atom. The van der Waals surface area contributed by atoms with Gasteiger partial charge >= 0.3 is 0 Å². The molecule has 0 N–H and O–H groups in total. The normalized spacial score (nSPS) is 13.8. The predicted molar refractivity (Wildman–Crippen MR) is 120 cm³/mol. The summed E-state index contributed by atoms with van der Waals surface area (Å²) in [5, 5.41) is 0. The quantitative estimate of drug-likeness (QED) is 0.344. The van der Waals surface area contributed by atoms with Crippen LogP contribution in [0, 0.1) is 6.92 Å². The molecule has 0 heteroatoms. The average molecular weight is 361 g/mol. The van der Waals surface area contributed by atoms with Gasteiger partial charge in [0.15, 0.2) is 0 Å². The molecule has 0 spiro atoms. The molecule has 1 aliphatic rings. The highest BCUT2D eigenvalue weighted by atomic mass is 14.4. The Morgan fingerprint density at radius 3 is 1.89 bits per heavy atom. The van der Waals surface area contributed by atoms with Crippen LogP contribution in [-0.2, 0) is 5.41 Å². The van der Waals surface area contributed by atoms with E-state index in [2.05, 4.69) is 112 Å². The topological polar surface area (TPSA) is 0 Å². The van der Waals surface area contributed by atoms with Crippen LogP contribution in [0.3, 0.4) is 0 Å². The van der Waals surface area contributed by atoms with E-state index >= 15 is 0 Å². The van der Waals surface area contributed by atoms with E-state index in [-0.39, 0.29) is 5.41 Å². The van der Waals surface area contributed by atoms with E-state index in [1.54, 1.807) is 0 Å². The fourth-order valence-corrected chi connectivity index (χ4v) is 4.87. The predicted octanol–water partition coefficient (Wildman–Crippen LogP) is 7.64. The Hall–Kier alpha value is -3.12. The standard InChI is InChI=1S/C28H24/c1-19-11-7-8-14-21(19)23-18-17-22(20-12-5-4-6-13-20)27-26(23)24-15-9-10-16-25(24)28(27,2)3/h4-18H,1-3H3. The largest absolute Gasteiger partial charge is 0.0622 e. The molecular weight excluding hydrogens is 336 g/mol. The lowest BCUT2D eigenvalue weighted by molar-refractivity contribution is 0.662. The van der Waals surface area contributed by atoms with Crippen LogP contribution in [0.15, 0.2) is 91.0 Å². The maximum absolute atomic E-state index is 2.37. The van der Waals surface area contributed by atoms with E-state index in [9.17, 15) is 0 Å². The molecule has 4 aromatic rings. The van der Waals surface area contributed by atoms with Crippen LogP contribution < -0.4 is 0 Å². The highest BCUT2D eigenvalue weighted by molar-refractivity contribution is 5.97. The van der Waals surface area contributed by atoms with Crippen molar-refractivity contribution in [3.8, 4) is 33.4 Å². The van der Waals surface area contributed by atoms with Gasteiger partial charge in [-0.05, 0) is 57.0 Å². The molecule has 0 saturated carbocycles. The van der Waals surface area contributed by atoms with Gasteiger partial charge in [-0.25, -0.2) is 0 Å². The Balaban J connectivity index is 1.91. The number of hydrogen-bond donors (Lipinski definition) is 0. The Kier molecular flexibility index (Phi) is 3.77. The molecule has 5 rings (SSSR count). The Labute approximate surface area is 167 Å². The molecule has 0 aliphatic heterocycles. The van der Waals surface area contributed by atoms with Crippen LogP contribution in [-0.4, -0.2) is 0 Å². The first-order valence-electron chi connectivity index (χ1n) is 9.98. The molecule has 0 saturated heterocycles. The van der Waals surface area contributed by atoms with Crippen molar-refractivity contribution in [1.82, 2.24) is 0 Å². The zero-order valence-electron chi connectivity index (χ0n) is 16.7. The van der Waals surface area contributed by atoms with Crippen LogP contribution in [0.25, 0.3) is 33.4 Å². The summed E-state index contributed by atoms with van der Waals surface area (Å²) in [4.78, 5) is 0. The average Bonchev–Trinajstić information content (AvgIpc) is 2.97. The van der Waals surface area contributed by atoms with Crippen molar-refractivity contribution in [1.29, 1.82) is 0 Å². The summed E-state index contributed by atoms with van der Waals surface area (Å²) in [5.74, 6) is 0. The fourth-order valence-electron chi connectivity index (χ4n) is 4.87. The first-order valence-corrected chi connectivity index (χ1v) is 9.98. The summed E-state index contributed by atoms with van der Waals surface area (Å²) in [5.41, 5.74) is 12.2. The van der Waals surface area contributed by atoms with E-state index in [1.165, 1.54) is 50.1 Å². The molecule has 0 nitrogen and oxygen atoms in total. The molecule has 0 radical (unpaired) electrons. The zero-order chi connectivity index (χ0) is 19.3. The zero-order valence-corrected chi connectivity index (χ0v) is 16.7. The van der Waals surface area contributed by atoms with Gasteiger partial charge in [-0.1, -0.05) is 105 Å². The molecule has 0 amide bonds. The molecule has 1 aliphatic carbocycles. The number of aryl methyl sites for hydroxylation is 1. The third-order valence-electron chi connectivity index (χ3n) is 6.22. The minimum Gasteiger partial charge on any atom is -0.0622 e. The molecule has 0 atom stereocenters. The molecule has 28 heavy (non-hydrogen) atoms. The molecule has 0 aromatic heterocycles. The van der Waals surface area contributed by atoms with Crippen molar-refractivity contribution < 1.29 is 0 Å². The molecule has 0 unspecified atom stereocenters. The first-order chi connectivity index (χ1) is 13.6. The molecule has 136 valence electrons.